The van der Waals surface area contributed by atoms with Gasteiger partial charge in [0.05, 0.1) is 0 Å². The van der Waals surface area contributed by atoms with Gasteiger partial charge in [-0.15, -0.1) is 0 Å². The highest BCUT2D eigenvalue weighted by Crippen LogP contribution is 2.45. The summed E-state index contributed by atoms with van der Waals surface area (Å²) in [5, 5.41) is 0. The van der Waals surface area contributed by atoms with Crippen molar-refractivity contribution in [1.82, 2.24) is 4.90 Å². The molecule has 1 heterocycles. The van der Waals surface area contributed by atoms with Crippen LogP contribution in [0, 0.1) is 5.41 Å². The molecule has 3 fully saturated rings. The standard InChI is InChI=1S/C16H27NO/c18-15-6-4-5-14(13-15)17-11-9-16(10-12-17)7-2-1-3-8-16/h14H,1-13H2. The fourth-order valence-electron chi connectivity index (χ4n) is 4.48. The average Bonchev–Trinajstić information content (AvgIpc) is 2.40. The van der Waals surface area contributed by atoms with E-state index in [2.05, 4.69) is 4.90 Å². The minimum Gasteiger partial charge on any atom is -0.300 e. The number of carbonyl (C=O) groups is 1. The van der Waals surface area contributed by atoms with E-state index in [1.807, 2.05) is 0 Å². The SMILES string of the molecule is O=C1CCCC(N2CCC3(CCCCC3)CC2)C1. The maximum Gasteiger partial charge on any atom is 0.134 e. The van der Waals surface area contributed by atoms with Crippen molar-refractivity contribution in [3.8, 4) is 0 Å². The summed E-state index contributed by atoms with van der Waals surface area (Å²) in [5.41, 5.74) is 0.702. The number of carbonyl (C=O) groups excluding carboxylic acids is 1. The van der Waals surface area contributed by atoms with Crippen molar-refractivity contribution in [2.24, 2.45) is 5.41 Å². The second-order valence-corrected chi connectivity index (χ2v) is 6.89. The lowest BCUT2D eigenvalue weighted by Gasteiger charge is -2.47. The molecule has 102 valence electrons. The van der Waals surface area contributed by atoms with E-state index >= 15 is 0 Å². The van der Waals surface area contributed by atoms with E-state index in [0.29, 0.717) is 17.2 Å². The number of rotatable bonds is 1. The molecule has 3 aliphatic rings. The first-order chi connectivity index (χ1) is 8.77. The van der Waals surface area contributed by atoms with Gasteiger partial charge in [-0.3, -0.25) is 9.69 Å². The van der Waals surface area contributed by atoms with Gasteiger partial charge in [0, 0.05) is 18.9 Å². The normalized spacial score (nSPS) is 33.8. The topological polar surface area (TPSA) is 20.3 Å². The van der Waals surface area contributed by atoms with Crippen molar-refractivity contribution in [1.29, 1.82) is 0 Å². The second kappa shape index (κ2) is 5.32. The highest BCUT2D eigenvalue weighted by Gasteiger charge is 2.37. The summed E-state index contributed by atoms with van der Waals surface area (Å²) in [6.07, 6.45) is 14.2. The van der Waals surface area contributed by atoms with Crippen molar-refractivity contribution < 1.29 is 4.79 Å². The second-order valence-electron chi connectivity index (χ2n) is 6.89. The van der Waals surface area contributed by atoms with Crippen molar-refractivity contribution in [2.75, 3.05) is 13.1 Å². The van der Waals surface area contributed by atoms with Gasteiger partial charge in [0.15, 0.2) is 0 Å². The van der Waals surface area contributed by atoms with E-state index < -0.39 is 0 Å². The summed E-state index contributed by atoms with van der Waals surface area (Å²) in [6, 6.07) is 0.590. The van der Waals surface area contributed by atoms with Crippen LogP contribution in [0.3, 0.4) is 0 Å². The molecule has 1 saturated heterocycles. The van der Waals surface area contributed by atoms with Gasteiger partial charge in [-0.05, 0) is 57.0 Å². The maximum absolute atomic E-state index is 11.6. The first-order valence-electron chi connectivity index (χ1n) is 8.03. The lowest BCUT2D eigenvalue weighted by atomic mass is 9.68. The first-order valence-corrected chi connectivity index (χ1v) is 8.03. The van der Waals surface area contributed by atoms with Crippen molar-refractivity contribution in [3.05, 3.63) is 0 Å². The van der Waals surface area contributed by atoms with Crippen LogP contribution in [-0.4, -0.2) is 29.8 Å². The van der Waals surface area contributed by atoms with Crippen LogP contribution in [0.4, 0.5) is 0 Å². The Labute approximate surface area is 111 Å². The Hall–Kier alpha value is -0.370. The van der Waals surface area contributed by atoms with Crippen LogP contribution in [0.1, 0.15) is 70.6 Å². The Morgan fingerprint density at radius 1 is 0.944 bits per heavy atom. The zero-order chi connectivity index (χ0) is 12.4. The summed E-state index contributed by atoms with van der Waals surface area (Å²) in [5.74, 6) is 0.504. The van der Waals surface area contributed by atoms with Gasteiger partial charge in [0.1, 0.15) is 5.78 Å². The molecule has 1 unspecified atom stereocenters. The third kappa shape index (κ3) is 2.64. The highest BCUT2D eigenvalue weighted by molar-refractivity contribution is 5.79. The minimum atomic E-state index is 0.504. The summed E-state index contributed by atoms with van der Waals surface area (Å²) in [6.45, 7) is 2.52. The molecule has 3 rings (SSSR count). The molecule has 0 aromatic rings. The molecule has 1 aliphatic heterocycles. The molecule has 1 spiro atoms. The number of Topliss-reactive ketones (excluding diaryl/α,β-unsaturated/α-hetero) is 1. The zero-order valence-electron chi connectivity index (χ0n) is 11.6. The molecule has 0 amide bonds. The third-order valence-corrected chi connectivity index (χ3v) is 5.75. The Kier molecular flexibility index (Phi) is 3.74. The molecule has 1 atom stereocenters. The van der Waals surface area contributed by atoms with Gasteiger partial charge in [0.25, 0.3) is 0 Å². The smallest absolute Gasteiger partial charge is 0.134 e. The van der Waals surface area contributed by atoms with Crippen molar-refractivity contribution in [2.45, 2.75) is 76.7 Å². The monoisotopic (exact) mass is 249 g/mol. The quantitative estimate of drug-likeness (QED) is 0.708. The first kappa shape index (κ1) is 12.7. The summed E-state index contributed by atoms with van der Waals surface area (Å²) in [4.78, 5) is 14.2. The van der Waals surface area contributed by atoms with Gasteiger partial charge in [-0.2, -0.15) is 0 Å². The molecule has 0 N–H and O–H groups in total. The number of ketones is 1. The molecule has 0 aromatic carbocycles. The van der Waals surface area contributed by atoms with Crippen molar-refractivity contribution in [3.63, 3.8) is 0 Å². The van der Waals surface area contributed by atoms with E-state index in [-0.39, 0.29) is 0 Å². The molecule has 2 aliphatic carbocycles. The molecule has 0 aromatic heterocycles. The van der Waals surface area contributed by atoms with Crippen LogP contribution in [0.5, 0.6) is 0 Å². The summed E-state index contributed by atoms with van der Waals surface area (Å²) >= 11 is 0. The fourth-order valence-corrected chi connectivity index (χ4v) is 4.48. The van der Waals surface area contributed by atoms with Crippen LogP contribution in [0.2, 0.25) is 0 Å². The lowest BCUT2D eigenvalue weighted by molar-refractivity contribution is -0.122. The van der Waals surface area contributed by atoms with E-state index in [9.17, 15) is 4.79 Å². The van der Waals surface area contributed by atoms with Crippen LogP contribution in [-0.2, 0) is 4.79 Å². The molecule has 2 nitrogen and oxygen atoms in total. The predicted molar refractivity (Wildman–Crippen MR) is 73.6 cm³/mol. The fraction of sp³-hybridized carbons (Fsp3) is 0.938. The number of hydrogen-bond donors (Lipinski definition) is 0. The largest absolute Gasteiger partial charge is 0.300 e. The Bertz CT molecular complexity index is 296. The van der Waals surface area contributed by atoms with Gasteiger partial charge in [-0.25, -0.2) is 0 Å². The highest BCUT2D eigenvalue weighted by atomic mass is 16.1. The Morgan fingerprint density at radius 2 is 1.67 bits per heavy atom. The van der Waals surface area contributed by atoms with Crippen LogP contribution < -0.4 is 0 Å². The van der Waals surface area contributed by atoms with Crippen LogP contribution in [0.25, 0.3) is 0 Å². The third-order valence-electron chi connectivity index (χ3n) is 5.75. The average molecular weight is 249 g/mol. The van der Waals surface area contributed by atoms with E-state index in [1.54, 1.807) is 0 Å². The molecular weight excluding hydrogens is 222 g/mol. The van der Waals surface area contributed by atoms with Crippen LogP contribution in [0.15, 0.2) is 0 Å². The van der Waals surface area contributed by atoms with Crippen LogP contribution >= 0.6 is 0 Å². The van der Waals surface area contributed by atoms with Crippen molar-refractivity contribution >= 4 is 5.78 Å². The molecule has 0 bridgehead atoms. The van der Waals surface area contributed by atoms with Gasteiger partial charge in [0.2, 0.25) is 0 Å². The molecule has 18 heavy (non-hydrogen) atoms. The summed E-state index contributed by atoms with van der Waals surface area (Å²) in [7, 11) is 0. The van der Waals surface area contributed by atoms with Gasteiger partial charge in [-0.1, -0.05) is 19.3 Å². The van der Waals surface area contributed by atoms with E-state index in [0.717, 1.165) is 19.3 Å². The van der Waals surface area contributed by atoms with E-state index in [1.165, 1.54) is 64.5 Å². The molecule has 2 saturated carbocycles. The predicted octanol–water partition coefficient (Wildman–Crippen LogP) is 3.54. The number of likely N-dealkylation sites (tertiary alicyclic amines) is 1. The maximum atomic E-state index is 11.6. The van der Waals surface area contributed by atoms with Gasteiger partial charge >= 0.3 is 0 Å². The number of hydrogen-bond acceptors (Lipinski definition) is 2. The Morgan fingerprint density at radius 3 is 2.33 bits per heavy atom. The molecule has 0 radical (unpaired) electrons. The van der Waals surface area contributed by atoms with Gasteiger partial charge < -0.3 is 0 Å². The number of piperidine rings is 1. The Balaban J connectivity index is 1.54. The molecular formula is C16H27NO. The summed E-state index contributed by atoms with van der Waals surface area (Å²) < 4.78 is 0. The molecule has 2 heteroatoms. The number of nitrogens with zero attached hydrogens (tertiary/aromatic N) is 1. The van der Waals surface area contributed by atoms with E-state index in [4.69, 9.17) is 0 Å². The lowest BCUT2D eigenvalue weighted by Crippen LogP contribution is -2.47. The zero-order valence-corrected chi connectivity index (χ0v) is 11.6. The minimum absolute atomic E-state index is 0.504.